The van der Waals surface area contributed by atoms with Gasteiger partial charge in [0, 0.05) is 13.1 Å². The molecule has 0 N–H and O–H groups in total. The summed E-state index contributed by atoms with van der Waals surface area (Å²) in [5.74, 6) is 0. The molecule has 0 fully saturated rings. The lowest BCUT2D eigenvalue weighted by Crippen LogP contribution is -2.27. The van der Waals surface area contributed by atoms with E-state index in [9.17, 15) is 14.9 Å². The average Bonchev–Trinajstić information content (AvgIpc) is 3.08. The molecule has 0 radical (unpaired) electrons. The van der Waals surface area contributed by atoms with E-state index < -0.39 is 11.0 Å². The fourth-order valence-corrected chi connectivity index (χ4v) is 2.17. The number of aromatic nitrogens is 2. The van der Waals surface area contributed by atoms with E-state index in [-0.39, 0.29) is 23.3 Å². The summed E-state index contributed by atoms with van der Waals surface area (Å²) in [5, 5.41) is 18.2. The van der Waals surface area contributed by atoms with E-state index >= 15 is 0 Å². The van der Waals surface area contributed by atoms with Crippen LogP contribution in [0.2, 0.25) is 0 Å². The molecule has 1 aromatic heterocycles. The van der Waals surface area contributed by atoms with Crippen LogP contribution < -0.4 is 4.90 Å². The van der Waals surface area contributed by atoms with Crippen molar-refractivity contribution < 1.29 is 19.1 Å². The second-order valence-corrected chi connectivity index (χ2v) is 4.92. The molecule has 0 spiro atoms. The Kier molecular flexibility index (Phi) is 4.06. The molecule has 0 unspecified atom stereocenters. The fourth-order valence-electron chi connectivity index (χ4n) is 2.17. The molecule has 0 saturated heterocycles. The molecule has 2 aromatic carbocycles. The highest BCUT2D eigenvalue weighted by Gasteiger charge is 2.24. The van der Waals surface area contributed by atoms with E-state index in [2.05, 4.69) is 14.9 Å². The maximum Gasteiger partial charge on any atom is 0.414 e. The van der Waals surface area contributed by atoms with Crippen LogP contribution in [0.5, 0.6) is 0 Å². The van der Waals surface area contributed by atoms with Crippen molar-refractivity contribution in [1.82, 2.24) is 10.3 Å². The van der Waals surface area contributed by atoms with Crippen LogP contribution in [0.15, 0.2) is 47.1 Å². The lowest BCUT2D eigenvalue weighted by atomic mass is 10.2. The highest BCUT2D eigenvalue weighted by atomic mass is 16.6. The van der Waals surface area contributed by atoms with Crippen LogP contribution in [0.25, 0.3) is 11.0 Å². The van der Waals surface area contributed by atoms with Gasteiger partial charge in [0.05, 0.1) is 10.6 Å². The molecule has 3 aromatic rings. The number of carbonyl (C=O) groups is 1. The van der Waals surface area contributed by atoms with Crippen molar-refractivity contribution in [2.45, 2.75) is 6.61 Å². The van der Waals surface area contributed by atoms with Crippen molar-refractivity contribution in [2.24, 2.45) is 0 Å². The second-order valence-electron chi connectivity index (χ2n) is 4.92. The topological polar surface area (TPSA) is 112 Å². The number of benzene rings is 2. The van der Waals surface area contributed by atoms with Crippen molar-refractivity contribution in [3.8, 4) is 0 Å². The van der Waals surface area contributed by atoms with Gasteiger partial charge in [0.25, 0.3) is 0 Å². The standard InChI is InChI=1S/C15H12N4O5/c1-18(15(20)23-9-10-5-3-2-4-6-10)11-7-8-12(19(21)22)14-13(11)16-24-17-14/h2-8H,9H2,1H3. The first-order valence-corrected chi connectivity index (χ1v) is 6.92. The fraction of sp³-hybridized carbons (Fsp3) is 0.133. The molecule has 0 aliphatic carbocycles. The predicted molar refractivity (Wildman–Crippen MR) is 83.5 cm³/mol. The predicted octanol–water partition coefficient (Wildman–Crippen LogP) is 2.90. The summed E-state index contributed by atoms with van der Waals surface area (Å²) < 4.78 is 9.79. The van der Waals surface area contributed by atoms with Gasteiger partial charge in [-0.05, 0) is 21.9 Å². The molecule has 0 aliphatic rings. The summed E-state index contributed by atoms with van der Waals surface area (Å²) in [5.41, 5.74) is 0.982. The number of rotatable bonds is 4. The van der Waals surface area contributed by atoms with E-state index in [0.717, 1.165) is 5.56 Å². The van der Waals surface area contributed by atoms with Gasteiger partial charge in [-0.15, -0.1) is 0 Å². The Bertz CT molecular complexity index is 893. The van der Waals surface area contributed by atoms with Crippen LogP contribution >= 0.6 is 0 Å². The quantitative estimate of drug-likeness (QED) is 0.534. The van der Waals surface area contributed by atoms with Gasteiger partial charge in [-0.25, -0.2) is 9.42 Å². The van der Waals surface area contributed by atoms with Crippen molar-refractivity contribution >= 4 is 28.5 Å². The monoisotopic (exact) mass is 328 g/mol. The zero-order chi connectivity index (χ0) is 17.1. The number of hydrogen-bond donors (Lipinski definition) is 0. The van der Waals surface area contributed by atoms with Crippen LogP contribution in [0.1, 0.15) is 5.56 Å². The Morgan fingerprint density at radius 2 is 1.92 bits per heavy atom. The summed E-state index contributed by atoms with van der Waals surface area (Å²) in [6.07, 6.45) is -0.628. The second kappa shape index (κ2) is 6.32. The molecule has 3 rings (SSSR count). The number of non-ortho nitro benzene ring substituents is 1. The number of ether oxygens (including phenoxy) is 1. The average molecular weight is 328 g/mol. The Morgan fingerprint density at radius 3 is 2.62 bits per heavy atom. The zero-order valence-electron chi connectivity index (χ0n) is 12.6. The normalized spacial score (nSPS) is 10.5. The van der Waals surface area contributed by atoms with Crippen LogP contribution in [-0.2, 0) is 11.3 Å². The van der Waals surface area contributed by atoms with Crippen molar-refractivity contribution in [1.29, 1.82) is 0 Å². The number of nitro groups is 1. The number of nitrogens with zero attached hydrogens (tertiary/aromatic N) is 4. The number of amides is 1. The molecule has 122 valence electrons. The Labute approximate surface area is 135 Å². The van der Waals surface area contributed by atoms with Gasteiger partial charge in [0.15, 0.2) is 5.52 Å². The van der Waals surface area contributed by atoms with Gasteiger partial charge >= 0.3 is 11.8 Å². The third kappa shape index (κ3) is 2.86. The third-order valence-electron chi connectivity index (χ3n) is 3.41. The van der Waals surface area contributed by atoms with E-state index in [1.807, 2.05) is 30.3 Å². The minimum atomic E-state index is -0.628. The van der Waals surface area contributed by atoms with Gasteiger partial charge < -0.3 is 4.74 Å². The van der Waals surface area contributed by atoms with Gasteiger partial charge in [-0.1, -0.05) is 30.3 Å². The van der Waals surface area contributed by atoms with Crippen LogP contribution in [0.3, 0.4) is 0 Å². The maximum absolute atomic E-state index is 12.2. The third-order valence-corrected chi connectivity index (χ3v) is 3.41. The van der Waals surface area contributed by atoms with Crippen molar-refractivity contribution in [3.63, 3.8) is 0 Å². The van der Waals surface area contributed by atoms with Gasteiger partial charge in [0.1, 0.15) is 6.61 Å². The molecule has 1 heterocycles. The number of hydrogen-bond acceptors (Lipinski definition) is 7. The summed E-state index contributed by atoms with van der Waals surface area (Å²) in [7, 11) is 1.47. The molecule has 9 heteroatoms. The minimum Gasteiger partial charge on any atom is -0.444 e. The zero-order valence-corrected chi connectivity index (χ0v) is 12.6. The highest BCUT2D eigenvalue weighted by Crippen LogP contribution is 2.30. The van der Waals surface area contributed by atoms with E-state index in [0.29, 0.717) is 5.69 Å². The van der Waals surface area contributed by atoms with E-state index in [1.54, 1.807) is 0 Å². The Morgan fingerprint density at radius 1 is 1.21 bits per heavy atom. The van der Waals surface area contributed by atoms with Gasteiger partial charge in [-0.3, -0.25) is 15.0 Å². The summed E-state index contributed by atoms with van der Waals surface area (Å²) in [4.78, 5) is 23.8. The molecule has 0 saturated carbocycles. The maximum atomic E-state index is 12.2. The molecule has 0 atom stereocenters. The summed E-state index contributed by atoms with van der Waals surface area (Å²) >= 11 is 0. The van der Waals surface area contributed by atoms with Crippen molar-refractivity contribution in [3.05, 3.63) is 58.1 Å². The Hall–Kier alpha value is -3.49. The largest absolute Gasteiger partial charge is 0.444 e. The molecule has 24 heavy (non-hydrogen) atoms. The molecule has 0 bridgehead atoms. The van der Waals surface area contributed by atoms with Gasteiger partial charge in [0.2, 0.25) is 5.52 Å². The Balaban J connectivity index is 1.82. The molecule has 0 aliphatic heterocycles. The van der Waals surface area contributed by atoms with Crippen LogP contribution in [0.4, 0.5) is 16.2 Å². The van der Waals surface area contributed by atoms with Crippen LogP contribution in [0, 0.1) is 10.1 Å². The molecular weight excluding hydrogens is 316 g/mol. The first-order valence-electron chi connectivity index (χ1n) is 6.92. The van der Waals surface area contributed by atoms with Crippen LogP contribution in [-0.4, -0.2) is 28.4 Å². The van der Waals surface area contributed by atoms with Gasteiger partial charge in [-0.2, -0.15) is 0 Å². The minimum absolute atomic E-state index is 0.0276. The first-order chi connectivity index (χ1) is 11.6. The SMILES string of the molecule is CN(C(=O)OCc1ccccc1)c1ccc([N+](=O)[O-])c2nonc12. The lowest BCUT2D eigenvalue weighted by Gasteiger charge is -2.17. The number of nitro benzene ring substituents is 1. The van der Waals surface area contributed by atoms with Crippen molar-refractivity contribution in [2.75, 3.05) is 11.9 Å². The molecular formula is C15H12N4O5. The summed E-state index contributed by atoms with van der Waals surface area (Å²) in [6, 6.07) is 11.8. The number of carbonyl (C=O) groups excluding carboxylic acids is 1. The molecule has 9 nitrogen and oxygen atoms in total. The number of fused-ring (bicyclic) bond motifs is 1. The highest BCUT2D eigenvalue weighted by molar-refractivity contribution is 6.00. The van der Waals surface area contributed by atoms with E-state index in [1.165, 1.54) is 24.1 Å². The molecule has 1 amide bonds. The number of anilines is 1. The smallest absolute Gasteiger partial charge is 0.414 e. The summed E-state index contributed by atoms with van der Waals surface area (Å²) in [6.45, 7) is 0.108. The van der Waals surface area contributed by atoms with E-state index in [4.69, 9.17) is 4.74 Å². The lowest BCUT2D eigenvalue weighted by molar-refractivity contribution is -0.383. The first kappa shape index (κ1) is 15.4.